The number of esters is 2. The number of rotatable bonds is 9. The van der Waals surface area contributed by atoms with Gasteiger partial charge >= 0.3 is 24.2 Å². The van der Waals surface area contributed by atoms with Crippen molar-refractivity contribution in [3.05, 3.63) is 97.6 Å². The number of aryl methyl sites for hydroxylation is 1. The minimum atomic E-state index is -4.87. The molecule has 17 nitrogen and oxygen atoms in total. The minimum Gasteiger partial charge on any atom is -0.508 e. The lowest BCUT2D eigenvalue weighted by Gasteiger charge is -2.30. The number of benzene rings is 2. The van der Waals surface area contributed by atoms with Crippen molar-refractivity contribution in [1.82, 2.24) is 24.6 Å². The summed E-state index contributed by atoms with van der Waals surface area (Å²) in [5, 5.41) is 20.3. The average Bonchev–Trinajstić information content (AvgIpc) is 3.83. The first kappa shape index (κ1) is 44.0. The van der Waals surface area contributed by atoms with Crippen molar-refractivity contribution in [3.63, 3.8) is 0 Å². The van der Waals surface area contributed by atoms with Gasteiger partial charge in [0.25, 0.3) is 11.5 Å². The van der Waals surface area contributed by atoms with Gasteiger partial charge in [0, 0.05) is 34.7 Å². The Morgan fingerprint density at radius 3 is 2.47 bits per heavy atom. The quantitative estimate of drug-likeness (QED) is 0.0972. The molecule has 344 valence electrons. The number of hydrogen-bond donors (Lipinski definition) is 4. The summed E-state index contributed by atoms with van der Waals surface area (Å²) in [6.07, 6.45) is -5.85. The number of halogens is 3. The van der Waals surface area contributed by atoms with Gasteiger partial charge < -0.3 is 40.3 Å². The zero-order valence-corrected chi connectivity index (χ0v) is 36.0. The molecule has 0 bridgehead atoms. The van der Waals surface area contributed by atoms with Gasteiger partial charge in [-0.3, -0.25) is 19.2 Å². The Hall–Kier alpha value is -7.25. The van der Waals surface area contributed by atoms with Gasteiger partial charge in [0.15, 0.2) is 11.5 Å². The van der Waals surface area contributed by atoms with E-state index in [9.17, 15) is 47.0 Å². The van der Waals surface area contributed by atoms with E-state index in [-0.39, 0.29) is 71.5 Å². The molecule has 2 aliphatic heterocycles. The van der Waals surface area contributed by atoms with E-state index in [4.69, 9.17) is 24.9 Å². The van der Waals surface area contributed by atoms with E-state index >= 15 is 0 Å². The number of phenolic OH excluding ortho intramolecular Hbond substituents is 1. The summed E-state index contributed by atoms with van der Waals surface area (Å²) in [4.78, 5) is 82.9. The molecule has 20 heteroatoms. The van der Waals surface area contributed by atoms with E-state index in [1.54, 1.807) is 32.0 Å². The molecule has 0 saturated heterocycles. The topological polar surface area (TPSA) is 236 Å². The van der Waals surface area contributed by atoms with Crippen molar-refractivity contribution in [3.8, 4) is 22.8 Å². The Morgan fingerprint density at radius 2 is 1.76 bits per heavy atom. The Kier molecular flexibility index (Phi) is 10.9. The molecule has 66 heavy (non-hydrogen) atoms. The highest BCUT2D eigenvalue weighted by Gasteiger charge is 2.46. The number of aromatic hydroxyl groups is 1. The van der Waals surface area contributed by atoms with Gasteiger partial charge in [0.2, 0.25) is 6.10 Å². The molecule has 0 unspecified atom stereocenters. The fourth-order valence-electron chi connectivity index (χ4n) is 9.62. The second-order valence-electron chi connectivity index (χ2n) is 17.8. The number of nitrogens with two attached hydrogens (primary N) is 1. The number of pyridine rings is 2. The number of hydrogen-bond acceptors (Lipinski definition) is 13. The number of cyclic esters (lactones) is 1. The third-order valence-electron chi connectivity index (χ3n) is 12.7. The van der Waals surface area contributed by atoms with Crippen LogP contribution in [0.1, 0.15) is 113 Å². The zero-order valence-electron chi connectivity index (χ0n) is 36.0. The highest BCUT2D eigenvalue weighted by atomic mass is 19.4. The van der Waals surface area contributed by atoms with Gasteiger partial charge in [-0.25, -0.2) is 19.3 Å². The standard InChI is InChI=1S/C46H44F3N7O10/c1-4-25-27-14-23(57)8-12-31(27)53-38-29(25)19-55-33(38)15-28-30(42(55)61)20-64-43(62)39(28)66-44(63)51-18-36(59)65-24-9-5-21(6-10-24)52-32-13-22(7-11-26(32)41(50)60)56-34-16-45(2,3)17-35(58)37(34)40(54-56)46(47,48)49/h7-8,11-15,21,24,39,52,57H,4-6,9-10,16-20H2,1-3H3,(H2,50,60)(H,51,63)/t21?,24?,39-/m0/s1. The van der Waals surface area contributed by atoms with Crippen molar-refractivity contribution in [1.29, 1.82) is 0 Å². The predicted molar refractivity (Wildman–Crippen MR) is 228 cm³/mol. The molecular formula is C46H44F3N7O10. The van der Waals surface area contributed by atoms with E-state index in [0.29, 0.717) is 49.0 Å². The van der Waals surface area contributed by atoms with Crippen molar-refractivity contribution >= 4 is 46.3 Å². The first-order valence-electron chi connectivity index (χ1n) is 21.4. The van der Waals surface area contributed by atoms with Gasteiger partial charge in [-0.1, -0.05) is 20.8 Å². The van der Waals surface area contributed by atoms with Crippen LogP contribution in [0.25, 0.3) is 28.0 Å². The van der Waals surface area contributed by atoms with Crippen LogP contribution in [-0.2, 0) is 56.0 Å². The van der Waals surface area contributed by atoms with Gasteiger partial charge in [-0.05, 0) is 92.0 Å². The minimum absolute atomic E-state index is 0.0643. The first-order valence-corrected chi connectivity index (χ1v) is 21.4. The number of anilines is 1. The van der Waals surface area contributed by atoms with Crippen molar-refractivity contribution in [2.24, 2.45) is 11.1 Å². The number of fused-ring (bicyclic) bond motifs is 6. The van der Waals surface area contributed by atoms with Crippen LogP contribution < -0.4 is 21.9 Å². The van der Waals surface area contributed by atoms with Crippen LogP contribution in [0, 0.1) is 5.41 Å². The average molecular weight is 912 g/mol. The third kappa shape index (κ3) is 7.97. The number of aromatic nitrogens is 4. The number of carbonyl (C=O) groups is 5. The van der Waals surface area contributed by atoms with E-state index in [1.807, 2.05) is 6.92 Å². The Morgan fingerprint density at radius 1 is 1.00 bits per heavy atom. The number of alkyl carbamates (subject to hydrolysis) is 1. The first-order chi connectivity index (χ1) is 31.3. The lowest BCUT2D eigenvalue weighted by atomic mass is 9.75. The number of nitrogens with zero attached hydrogens (tertiary/aromatic N) is 4. The lowest BCUT2D eigenvalue weighted by Crippen LogP contribution is -2.38. The molecular weight excluding hydrogens is 868 g/mol. The maximum Gasteiger partial charge on any atom is 0.435 e. The molecule has 1 saturated carbocycles. The molecule has 5 aromatic rings. The summed E-state index contributed by atoms with van der Waals surface area (Å²) in [6.45, 7) is 4.81. The molecule has 4 aliphatic rings. The molecule has 5 heterocycles. The maximum atomic E-state index is 14.1. The summed E-state index contributed by atoms with van der Waals surface area (Å²) >= 11 is 0. The van der Waals surface area contributed by atoms with Crippen LogP contribution in [0.4, 0.5) is 23.7 Å². The molecule has 5 N–H and O–H groups in total. The largest absolute Gasteiger partial charge is 0.508 e. The second kappa shape index (κ2) is 16.3. The number of carbonyl (C=O) groups excluding carboxylic acids is 5. The Balaban J connectivity index is 0.831. The summed E-state index contributed by atoms with van der Waals surface area (Å²) in [7, 11) is 0. The lowest BCUT2D eigenvalue weighted by molar-refractivity contribution is -0.157. The number of ether oxygens (including phenoxy) is 3. The second-order valence-corrected chi connectivity index (χ2v) is 17.8. The molecule has 2 aliphatic carbocycles. The summed E-state index contributed by atoms with van der Waals surface area (Å²) in [6, 6.07) is 10.4. The van der Waals surface area contributed by atoms with Crippen molar-refractivity contribution in [2.75, 3.05) is 11.9 Å². The van der Waals surface area contributed by atoms with E-state index in [0.717, 1.165) is 21.2 Å². The van der Waals surface area contributed by atoms with Gasteiger partial charge in [-0.2, -0.15) is 18.3 Å². The highest BCUT2D eigenvalue weighted by Crippen LogP contribution is 2.43. The molecule has 3 aromatic heterocycles. The molecule has 0 radical (unpaired) electrons. The summed E-state index contributed by atoms with van der Waals surface area (Å²) in [5.41, 5.74) is 7.10. The Bertz CT molecular complexity index is 2970. The SMILES string of the molecule is CCc1c2c(nc3ccc(O)cc13)-c1cc3c(c(=O)n1C2)COC(=O)[C@H]3OC(=O)NCC(=O)OC1CCC(Nc2cc(-n3nc(C(F)(F)F)c4c3CC(C)(C)CC4=O)ccc2C(N)=O)CC1. The molecule has 2 aromatic carbocycles. The summed E-state index contributed by atoms with van der Waals surface area (Å²) in [5.74, 6) is -3.03. The van der Waals surface area contributed by atoms with Gasteiger partial charge in [0.1, 0.15) is 25.0 Å². The van der Waals surface area contributed by atoms with Crippen LogP contribution in [0.5, 0.6) is 5.75 Å². The van der Waals surface area contributed by atoms with E-state index in [1.165, 1.54) is 28.8 Å². The zero-order chi connectivity index (χ0) is 47.0. The van der Waals surface area contributed by atoms with Crippen LogP contribution in [0.15, 0.2) is 47.3 Å². The van der Waals surface area contributed by atoms with E-state index < -0.39 is 76.9 Å². The van der Waals surface area contributed by atoms with Crippen LogP contribution in [-0.4, -0.2) is 72.9 Å². The van der Waals surface area contributed by atoms with Crippen LogP contribution >= 0.6 is 0 Å². The molecule has 2 amide bonds. The number of ketones is 1. The predicted octanol–water partition coefficient (Wildman–Crippen LogP) is 5.94. The van der Waals surface area contributed by atoms with Crippen LogP contribution in [0.3, 0.4) is 0 Å². The monoisotopic (exact) mass is 911 g/mol. The number of primary amides is 1. The molecule has 1 fully saturated rings. The number of amides is 2. The van der Waals surface area contributed by atoms with Crippen molar-refractivity contribution in [2.45, 2.75) is 103 Å². The number of nitrogens with one attached hydrogen (secondary N) is 2. The number of Topliss-reactive ketones (excluding diaryl/α,β-unsaturated/α-hetero) is 1. The van der Waals surface area contributed by atoms with E-state index in [2.05, 4.69) is 15.7 Å². The fraction of sp³-hybridized carbons (Fsp3) is 0.391. The van der Waals surface area contributed by atoms with Crippen molar-refractivity contribution < 1.29 is 56.5 Å². The highest BCUT2D eigenvalue weighted by molar-refractivity contribution is 6.01. The Labute approximate surface area is 373 Å². The maximum absolute atomic E-state index is 14.1. The molecule has 9 rings (SSSR count). The van der Waals surface area contributed by atoms with Gasteiger partial charge in [0.05, 0.1) is 51.5 Å². The van der Waals surface area contributed by atoms with Crippen LogP contribution in [0.2, 0.25) is 0 Å². The number of alkyl halides is 3. The smallest absolute Gasteiger partial charge is 0.435 e. The normalized spacial score (nSPS) is 19.5. The fourth-order valence-corrected chi connectivity index (χ4v) is 9.62. The third-order valence-corrected chi connectivity index (χ3v) is 12.7. The molecule has 0 spiro atoms. The number of phenols is 1. The van der Waals surface area contributed by atoms with Gasteiger partial charge in [-0.15, -0.1) is 0 Å². The summed E-state index contributed by atoms with van der Waals surface area (Å²) < 4.78 is 61.3. The molecule has 1 atom stereocenters.